The number of anilines is 1. The molecular weight excluding hydrogens is 345 g/mol. The number of halogens is 1. The van der Waals surface area contributed by atoms with Crippen molar-refractivity contribution in [1.29, 1.82) is 0 Å². The van der Waals surface area contributed by atoms with Gasteiger partial charge in [0.1, 0.15) is 12.4 Å². The first-order chi connectivity index (χ1) is 13.0. The largest absolute Gasteiger partial charge is 0.307 e. The topological polar surface area (TPSA) is 55.2 Å². The number of aromatic nitrogens is 2. The Bertz CT molecular complexity index is 1060. The summed E-state index contributed by atoms with van der Waals surface area (Å²) < 4.78 is 14.3. The van der Waals surface area contributed by atoms with Gasteiger partial charge in [-0.25, -0.2) is 9.37 Å². The van der Waals surface area contributed by atoms with Crippen molar-refractivity contribution >= 4 is 11.6 Å². The lowest BCUT2D eigenvalue weighted by atomic mass is 10.1. The van der Waals surface area contributed by atoms with E-state index in [1.54, 1.807) is 17.0 Å². The number of hydrogen-bond acceptors (Lipinski definition) is 3. The van der Waals surface area contributed by atoms with Gasteiger partial charge in [0.15, 0.2) is 0 Å². The van der Waals surface area contributed by atoms with Crippen molar-refractivity contribution in [3.63, 3.8) is 0 Å². The number of nitrogens with zero attached hydrogens (tertiary/aromatic N) is 3. The van der Waals surface area contributed by atoms with Crippen LogP contribution >= 0.6 is 0 Å². The van der Waals surface area contributed by atoms with Crippen molar-refractivity contribution in [3.8, 4) is 11.3 Å². The van der Waals surface area contributed by atoms with Crippen molar-refractivity contribution < 1.29 is 9.18 Å². The highest BCUT2D eigenvalue weighted by atomic mass is 19.1. The van der Waals surface area contributed by atoms with Gasteiger partial charge in [0, 0.05) is 23.4 Å². The minimum atomic E-state index is -0.349. The summed E-state index contributed by atoms with van der Waals surface area (Å²) in [5.41, 5.74) is 2.81. The van der Waals surface area contributed by atoms with Gasteiger partial charge in [-0.05, 0) is 49.2 Å². The zero-order chi connectivity index (χ0) is 19.0. The molecule has 0 aliphatic carbocycles. The fraction of sp³-hybridized carbons (Fsp3) is 0.190. The molecule has 1 atom stereocenters. The summed E-state index contributed by atoms with van der Waals surface area (Å²) >= 11 is 0. The third-order valence-electron chi connectivity index (χ3n) is 4.80. The van der Waals surface area contributed by atoms with Crippen LogP contribution in [0.2, 0.25) is 0 Å². The Labute approximate surface area is 155 Å². The number of carbonyl (C=O) groups is 1. The maximum atomic E-state index is 13.0. The fourth-order valence-corrected chi connectivity index (χ4v) is 3.49. The Morgan fingerprint density at radius 3 is 2.67 bits per heavy atom. The van der Waals surface area contributed by atoms with E-state index in [4.69, 9.17) is 0 Å². The molecule has 1 aromatic heterocycles. The maximum absolute atomic E-state index is 13.0. The molecular formula is C21H18FN3O2. The van der Waals surface area contributed by atoms with Gasteiger partial charge in [0.05, 0.1) is 12.0 Å². The summed E-state index contributed by atoms with van der Waals surface area (Å²) in [6.07, 6.45) is 2.17. The number of hydrogen-bond donors (Lipinski definition) is 0. The van der Waals surface area contributed by atoms with Gasteiger partial charge in [-0.1, -0.05) is 18.2 Å². The molecule has 136 valence electrons. The Hall–Kier alpha value is -3.28. The van der Waals surface area contributed by atoms with E-state index in [9.17, 15) is 14.0 Å². The number of para-hydroxylation sites is 1. The van der Waals surface area contributed by atoms with Crippen LogP contribution in [0.5, 0.6) is 0 Å². The summed E-state index contributed by atoms with van der Waals surface area (Å²) in [6, 6.07) is 15.0. The van der Waals surface area contributed by atoms with Crippen LogP contribution < -0.4 is 10.5 Å². The lowest BCUT2D eigenvalue weighted by Gasteiger charge is -2.23. The molecule has 27 heavy (non-hydrogen) atoms. The smallest absolute Gasteiger partial charge is 0.254 e. The first kappa shape index (κ1) is 17.1. The van der Waals surface area contributed by atoms with Crippen molar-refractivity contribution in [3.05, 3.63) is 82.7 Å². The number of fused-ring (bicyclic) bond motifs is 1. The van der Waals surface area contributed by atoms with Crippen molar-refractivity contribution in [2.75, 3.05) is 4.90 Å². The van der Waals surface area contributed by atoms with E-state index < -0.39 is 0 Å². The molecule has 0 saturated carbocycles. The fourth-order valence-electron chi connectivity index (χ4n) is 3.49. The molecule has 0 fully saturated rings. The van der Waals surface area contributed by atoms with Crippen LogP contribution in [0.4, 0.5) is 10.1 Å². The zero-order valence-corrected chi connectivity index (χ0v) is 14.8. The number of benzene rings is 2. The number of carbonyl (C=O) groups excluding carboxylic acids is 1. The molecule has 5 nitrogen and oxygen atoms in total. The summed E-state index contributed by atoms with van der Waals surface area (Å²) in [4.78, 5) is 31.3. The van der Waals surface area contributed by atoms with Crippen LogP contribution in [-0.4, -0.2) is 21.5 Å². The average molecular weight is 363 g/mol. The highest BCUT2D eigenvalue weighted by Gasteiger charge is 2.30. The Kier molecular flexibility index (Phi) is 4.32. The van der Waals surface area contributed by atoms with Crippen LogP contribution in [0.3, 0.4) is 0 Å². The molecule has 1 aliphatic rings. The first-order valence-corrected chi connectivity index (χ1v) is 8.75. The SMILES string of the molecule is C[C@@H]1Cc2ccccc2N1C(=O)Cn1cnc(-c2ccc(F)cc2)cc1=O. The van der Waals surface area contributed by atoms with Crippen LogP contribution in [0, 0.1) is 5.82 Å². The normalized spacial score (nSPS) is 15.6. The minimum absolute atomic E-state index is 0.0528. The highest BCUT2D eigenvalue weighted by Crippen LogP contribution is 2.31. The molecule has 1 aliphatic heterocycles. The van der Waals surface area contributed by atoms with Gasteiger partial charge in [0.25, 0.3) is 5.56 Å². The van der Waals surface area contributed by atoms with Crippen LogP contribution in [0.25, 0.3) is 11.3 Å². The molecule has 0 unspecified atom stereocenters. The molecule has 0 saturated heterocycles. The van der Waals surface area contributed by atoms with Crippen molar-refractivity contribution in [2.45, 2.75) is 25.9 Å². The maximum Gasteiger partial charge on any atom is 0.254 e. The quantitative estimate of drug-likeness (QED) is 0.719. The van der Waals surface area contributed by atoms with Crippen LogP contribution in [0.15, 0.2) is 65.7 Å². The van der Waals surface area contributed by atoms with Gasteiger partial charge in [-0.2, -0.15) is 0 Å². The predicted molar refractivity (Wildman–Crippen MR) is 101 cm³/mol. The summed E-state index contributed by atoms with van der Waals surface area (Å²) in [7, 11) is 0. The van der Waals surface area contributed by atoms with E-state index in [0.29, 0.717) is 11.3 Å². The number of amides is 1. The molecule has 0 bridgehead atoms. The Morgan fingerprint density at radius 1 is 1.19 bits per heavy atom. The van der Waals surface area contributed by atoms with E-state index in [0.717, 1.165) is 17.7 Å². The zero-order valence-electron chi connectivity index (χ0n) is 14.8. The van der Waals surface area contributed by atoms with Crippen molar-refractivity contribution in [1.82, 2.24) is 9.55 Å². The second kappa shape index (κ2) is 6.79. The molecule has 0 N–H and O–H groups in total. The molecule has 0 spiro atoms. The van der Waals surface area contributed by atoms with E-state index in [2.05, 4.69) is 4.98 Å². The third kappa shape index (κ3) is 3.26. The lowest BCUT2D eigenvalue weighted by Crippen LogP contribution is -2.39. The van der Waals surface area contributed by atoms with Crippen LogP contribution in [-0.2, 0) is 17.8 Å². The first-order valence-electron chi connectivity index (χ1n) is 8.75. The van der Waals surface area contributed by atoms with Crippen molar-refractivity contribution in [2.24, 2.45) is 0 Å². The monoisotopic (exact) mass is 363 g/mol. The summed E-state index contributed by atoms with van der Waals surface area (Å²) in [5.74, 6) is -0.497. The van der Waals surface area contributed by atoms with Gasteiger partial charge < -0.3 is 4.90 Å². The van der Waals surface area contributed by atoms with Gasteiger partial charge >= 0.3 is 0 Å². The standard InChI is InChI=1S/C21H18FN3O2/c1-14-10-16-4-2-3-5-19(16)25(14)21(27)12-24-13-23-18(11-20(24)26)15-6-8-17(22)9-7-15/h2-9,11,13-14H,10,12H2,1H3/t14-/m1/s1. The van der Waals surface area contributed by atoms with Gasteiger partial charge in [0.2, 0.25) is 5.91 Å². The molecule has 2 heterocycles. The Morgan fingerprint density at radius 2 is 1.93 bits per heavy atom. The second-order valence-electron chi connectivity index (χ2n) is 6.69. The Balaban J connectivity index is 1.57. The molecule has 3 aromatic rings. The van der Waals surface area contributed by atoms with E-state index in [-0.39, 0.29) is 29.9 Å². The van der Waals surface area contributed by atoms with Gasteiger partial charge in [-0.3, -0.25) is 14.2 Å². The molecule has 4 rings (SSSR count). The predicted octanol–water partition coefficient (Wildman–Crippen LogP) is 3.03. The molecule has 6 heteroatoms. The van der Waals surface area contributed by atoms with E-state index in [1.165, 1.54) is 29.1 Å². The summed E-state index contributed by atoms with van der Waals surface area (Å²) in [5, 5.41) is 0. The second-order valence-corrected chi connectivity index (χ2v) is 6.69. The van der Waals surface area contributed by atoms with Gasteiger partial charge in [-0.15, -0.1) is 0 Å². The van der Waals surface area contributed by atoms with Crippen LogP contribution in [0.1, 0.15) is 12.5 Å². The molecule has 2 aromatic carbocycles. The summed E-state index contributed by atoms with van der Waals surface area (Å²) in [6.45, 7) is 1.92. The third-order valence-corrected chi connectivity index (χ3v) is 4.80. The minimum Gasteiger partial charge on any atom is -0.307 e. The van der Waals surface area contributed by atoms with E-state index >= 15 is 0 Å². The van der Waals surface area contributed by atoms with E-state index in [1.807, 2.05) is 31.2 Å². The molecule has 1 amide bonds. The number of rotatable bonds is 3. The highest BCUT2D eigenvalue weighted by molar-refractivity contribution is 5.96. The molecule has 0 radical (unpaired) electrons. The lowest BCUT2D eigenvalue weighted by molar-refractivity contribution is -0.119. The average Bonchev–Trinajstić information content (AvgIpc) is 3.00.